The maximum absolute atomic E-state index is 12.9. The van der Waals surface area contributed by atoms with Gasteiger partial charge >= 0.3 is 6.18 Å². The number of pyridine rings is 2. The molecule has 0 spiro atoms. The molecule has 26 heavy (non-hydrogen) atoms. The molecule has 4 aromatic heterocycles. The number of fused-ring (bicyclic) bond motifs is 2. The quantitative estimate of drug-likeness (QED) is 0.496. The van der Waals surface area contributed by atoms with Crippen LogP contribution in [0.25, 0.3) is 28.1 Å². The predicted molar refractivity (Wildman–Crippen MR) is 94.1 cm³/mol. The lowest BCUT2D eigenvalue weighted by atomic mass is 10.3. The Kier molecular flexibility index (Phi) is 3.91. The Morgan fingerprint density at radius 1 is 1.19 bits per heavy atom. The van der Waals surface area contributed by atoms with E-state index in [1.165, 1.54) is 6.20 Å². The molecule has 0 amide bonds. The van der Waals surface area contributed by atoms with Crippen molar-refractivity contribution in [3.05, 3.63) is 42.4 Å². The summed E-state index contributed by atoms with van der Waals surface area (Å²) >= 11 is 1.63. The summed E-state index contributed by atoms with van der Waals surface area (Å²) in [5, 5.41) is 4.60. The third-order valence-electron chi connectivity index (χ3n) is 4.05. The van der Waals surface area contributed by atoms with Crippen LogP contribution in [0, 0.1) is 0 Å². The zero-order chi connectivity index (χ0) is 18.5. The highest BCUT2D eigenvalue weighted by Crippen LogP contribution is 2.36. The van der Waals surface area contributed by atoms with Crippen molar-refractivity contribution in [2.75, 3.05) is 5.75 Å². The van der Waals surface area contributed by atoms with Crippen LogP contribution in [0.5, 0.6) is 0 Å². The molecule has 0 fully saturated rings. The number of imidazole rings is 1. The van der Waals surface area contributed by atoms with Gasteiger partial charge in [-0.05, 0) is 24.0 Å². The van der Waals surface area contributed by atoms with E-state index in [1.54, 1.807) is 27.9 Å². The summed E-state index contributed by atoms with van der Waals surface area (Å²) in [6.07, 6.45) is -1.46. The number of aromatic nitrogens is 5. The Morgan fingerprint density at radius 2 is 2.00 bits per heavy atom. The van der Waals surface area contributed by atoms with Crippen LogP contribution >= 0.6 is 11.8 Å². The van der Waals surface area contributed by atoms with Gasteiger partial charge in [-0.15, -0.1) is 11.8 Å². The normalized spacial score (nSPS) is 12.3. The monoisotopic (exact) mass is 377 g/mol. The zero-order valence-electron chi connectivity index (χ0n) is 13.9. The Morgan fingerprint density at radius 3 is 2.73 bits per heavy atom. The molecule has 0 bridgehead atoms. The lowest BCUT2D eigenvalue weighted by Gasteiger charge is -2.04. The molecular weight excluding hydrogens is 363 g/mol. The fraction of sp³-hybridized carbons (Fsp3) is 0.235. The first-order valence-electron chi connectivity index (χ1n) is 7.90. The van der Waals surface area contributed by atoms with Gasteiger partial charge in [0.1, 0.15) is 11.4 Å². The minimum atomic E-state index is -4.50. The molecule has 0 radical (unpaired) electrons. The van der Waals surface area contributed by atoms with E-state index in [2.05, 4.69) is 15.1 Å². The molecule has 4 aromatic rings. The molecule has 0 saturated carbocycles. The Balaban J connectivity index is 1.96. The molecule has 5 nitrogen and oxygen atoms in total. The van der Waals surface area contributed by atoms with E-state index < -0.39 is 11.9 Å². The third kappa shape index (κ3) is 2.63. The molecule has 0 N–H and O–H groups in total. The van der Waals surface area contributed by atoms with Crippen LogP contribution < -0.4 is 0 Å². The number of hydrogen-bond acceptors (Lipinski definition) is 4. The van der Waals surface area contributed by atoms with Crippen LogP contribution in [0.4, 0.5) is 13.2 Å². The number of nitrogens with zero attached hydrogens (tertiary/aromatic N) is 5. The minimum Gasteiger partial charge on any atom is -0.324 e. The summed E-state index contributed by atoms with van der Waals surface area (Å²) < 4.78 is 42.3. The van der Waals surface area contributed by atoms with Gasteiger partial charge in [-0.2, -0.15) is 18.3 Å². The molecule has 9 heteroatoms. The molecule has 0 saturated heterocycles. The van der Waals surface area contributed by atoms with Gasteiger partial charge in [-0.1, -0.05) is 13.0 Å². The van der Waals surface area contributed by atoms with Gasteiger partial charge in [0.15, 0.2) is 5.82 Å². The predicted octanol–water partition coefficient (Wildman–Crippen LogP) is 4.41. The van der Waals surface area contributed by atoms with E-state index in [9.17, 15) is 13.2 Å². The van der Waals surface area contributed by atoms with Gasteiger partial charge in [0.05, 0.1) is 27.6 Å². The number of thioether (sulfide) groups is 1. The number of rotatable bonds is 3. The molecule has 0 atom stereocenters. The zero-order valence-corrected chi connectivity index (χ0v) is 14.8. The largest absolute Gasteiger partial charge is 0.433 e. The van der Waals surface area contributed by atoms with Crippen LogP contribution in [0.3, 0.4) is 0 Å². The molecule has 0 aliphatic heterocycles. The van der Waals surface area contributed by atoms with Crippen LogP contribution in [0.2, 0.25) is 0 Å². The van der Waals surface area contributed by atoms with E-state index in [0.29, 0.717) is 17.0 Å². The molecule has 0 aliphatic rings. The topological polar surface area (TPSA) is 48.0 Å². The second-order valence-corrected chi connectivity index (χ2v) is 6.97. The SMILES string of the molecule is CCSc1c(-c2nc3cc(C(F)(F)F)ncc3n2C)nn2ccccc12. The summed E-state index contributed by atoms with van der Waals surface area (Å²) in [5.41, 5.74) is 1.41. The van der Waals surface area contributed by atoms with E-state index in [4.69, 9.17) is 0 Å². The van der Waals surface area contributed by atoms with E-state index >= 15 is 0 Å². The molecule has 0 unspecified atom stereocenters. The molecule has 4 rings (SSSR count). The Labute approximate surface area is 150 Å². The molecular formula is C17H14F3N5S. The minimum absolute atomic E-state index is 0.245. The Hall–Kier alpha value is -2.55. The van der Waals surface area contributed by atoms with Crippen molar-refractivity contribution in [1.29, 1.82) is 0 Å². The number of hydrogen-bond donors (Lipinski definition) is 0. The van der Waals surface area contributed by atoms with Gasteiger partial charge in [-0.3, -0.25) is 0 Å². The average molecular weight is 377 g/mol. The summed E-state index contributed by atoms with van der Waals surface area (Å²) in [5.74, 6) is 1.35. The van der Waals surface area contributed by atoms with Crippen molar-refractivity contribution >= 4 is 28.3 Å². The second kappa shape index (κ2) is 6.01. The summed E-state index contributed by atoms with van der Waals surface area (Å²) in [6.45, 7) is 2.04. The molecule has 0 aliphatic carbocycles. The van der Waals surface area contributed by atoms with Crippen molar-refractivity contribution in [3.8, 4) is 11.5 Å². The first-order valence-corrected chi connectivity index (χ1v) is 8.89. The maximum atomic E-state index is 12.9. The fourth-order valence-electron chi connectivity index (χ4n) is 2.86. The van der Waals surface area contributed by atoms with E-state index in [-0.39, 0.29) is 5.52 Å². The van der Waals surface area contributed by atoms with Crippen LogP contribution in [0.15, 0.2) is 41.6 Å². The Bertz CT molecular complexity index is 1110. The van der Waals surface area contributed by atoms with Gasteiger partial charge in [-0.25, -0.2) is 14.5 Å². The van der Waals surface area contributed by atoms with Crippen molar-refractivity contribution in [3.63, 3.8) is 0 Å². The maximum Gasteiger partial charge on any atom is 0.433 e. The number of aryl methyl sites for hydroxylation is 1. The highest BCUT2D eigenvalue weighted by molar-refractivity contribution is 7.99. The van der Waals surface area contributed by atoms with Gasteiger partial charge in [0.25, 0.3) is 0 Å². The first-order chi connectivity index (χ1) is 12.4. The lowest BCUT2D eigenvalue weighted by molar-refractivity contribution is -0.141. The number of halogens is 3. The first kappa shape index (κ1) is 16.9. The fourth-order valence-corrected chi connectivity index (χ4v) is 3.73. The molecule has 134 valence electrons. The smallest absolute Gasteiger partial charge is 0.324 e. The molecule has 4 heterocycles. The van der Waals surface area contributed by atoms with Gasteiger partial charge in [0.2, 0.25) is 0 Å². The lowest BCUT2D eigenvalue weighted by Crippen LogP contribution is -2.07. The third-order valence-corrected chi connectivity index (χ3v) is 5.03. The summed E-state index contributed by atoms with van der Waals surface area (Å²) in [6, 6.07) is 6.73. The highest BCUT2D eigenvalue weighted by atomic mass is 32.2. The van der Waals surface area contributed by atoms with Crippen molar-refractivity contribution in [2.45, 2.75) is 18.0 Å². The van der Waals surface area contributed by atoms with Crippen LogP contribution in [-0.4, -0.2) is 29.9 Å². The summed E-state index contributed by atoms with van der Waals surface area (Å²) in [4.78, 5) is 8.91. The van der Waals surface area contributed by atoms with E-state index in [0.717, 1.165) is 22.2 Å². The highest BCUT2D eigenvalue weighted by Gasteiger charge is 2.33. The van der Waals surface area contributed by atoms with Crippen LogP contribution in [0.1, 0.15) is 12.6 Å². The van der Waals surface area contributed by atoms with Gasteiger partial charge < -0.3 is 4.57 Å². The standard InChI is InChI=1S/C17H14F3N5S/c1-3-26-15-11-6-4-5-7-25(11)23-14(15)16-22-10-8-13(17(18,19)20)21-9-12(10)24(16)2/h4-9H,3H2,1-2H3. The van der Waals surface area contributed by atoms with Gasteiger partial charge in [0, 0.05) is 13.2 Å². The van der Waals surface area contributed by atoms with Crippen molar-refractivity contribution in [1.82, 2.24) is 24.1 Å². The average Bonchev–Trinajstić information content (AvgIpc) is 3.13. The van der Waals surface area contributed by atoms with E-state index in [1.807, 2.05) is 31.3 Å². The number of alkyl halides is 3. The van der Waals surface area contributed by atoms with Crippen LogP contribution in [-0.2, 0) is 13.2 Å². The van der Waals surface area contributed by atoms with Crippen molar-refractivity contribution in [2.24, 2.45) is 7.05 Å². The molecule has 0 aromatic carbocycles. The second-order valence-electron chi connectivity index (χ2n) is 5.69. The van der Waals surface area contributed by atoms with Crippen molar-refractivity contribution < 1.29 is 13.2 Å². The summed E-state index contributed by atoms with van der Waals surface area (Å²) in [7, 11) is 1.75.